The molecule has 1 N–H and O–H groups in total. The summed E-state index contributed by atoms with van der Waals surface area (Å²) in [6, 6.07) is 7.62. The number of ether oxygens (including phenoxy) is 2. The van der Waals surface area contributed by atoms with E-state index < -0.39 is 0 Å². The second-order valence-corrected chi connectivity index (χ2v) is 6.95. The summed E-state index contributed by atoms with van der Waals surface area (Å²) >= 11 is 0. The molecule has 0 saturated carbocycles. The maximum Gasteiger partial charge on any atom is 0.238 e. The van der Waals surface area contributed by atoms with Gasteiger partial charge in [-0.25, -0.2) is 0 Å². The fourth-order valence-electron chi connectivity index (χ4n) is 3.27. The summed E-state index contributed by atoms with van der Waals surface area (Å²) < 4.78 is 11.5. The van der Waals surface area contributed by atoms with Crippen LogP contribution in [0.1, 0.15) is 32.6 Å². The fourth-order valence-corrected chi connectivity index (χ4v) is 3.27. The van der Waals surface area contributed by atoms with Gasteiger partial charge in [0.25, 0.3) is 0 Å². The molecule has 2 fully saturated rings. The van der Waals surface area contributed by atoms with Crippen LogP contribution in [0.15, 0.2) is 24.3 Å². The second-order valence-electron chi connectivity index (χ2n) is 6.95. The van der Waals surface area contributed by atoms with E-state index in [0.717, 1.165) is 44.1 Å². The molecule has 5 heteroatoms. The minimum atomic E-state index is 0.0257. The van der Waals surface area contributed by atoms with E-state index in [2.05, 4.69) is 17.1 Å². The monoisotopic (exact) mass is 332 g/mol. The van der Waals surface area contributed by atoms with E-state index in [-0.39, 0.29) is 12.0 Å². The summed E-state index contributed by atoms with van der Waals surface area (Å²) in [5.74, 6) is 1.52. The quantitative estimate of drug-likeness (QED) is 0.870. The van der Waals surface area contributed by atoms with Crippen molar-refractivity contribution in [3.05, 3.63) is 24.3 Å². The Morgan fingerprint density at radius 1 is 1.29 bits per heavy atom. The average molecular weight is 332 g/mol. The van der Waals surface area contributed by atoms with Gasteiger partial charge >= 0.3 is 0 Å². The Balaban J connectivity index is 1.51. The molecular formula is C19H28N2O3. The Kier molecular flexibility index (Phi) is 6.10. The number of piperidine rings is 1. The van der Waals surface area contributed by atoms with Crippen LogP contribution in [-0.2, 0) is 9.53 Å². The third-order valence-electron chi connectivity index (χ3n) is 4.85. The number of carbonyl (C=O) groups excluding carboxylic acids is 1. The van der Waals surface area contributed by atoms with Gasteiger partial charge < -0.3 is 14.8 Å². The standard InChI is InChI=1S/C19H28N2O3/c1-15-8-10-21(11-9-15)13-19(22)20-17-6-2-3-7-18(17)24-14-16-5-4-12-23-16/h2-3,6-7,15-16H,4-5,8-14H2,1H3,(H,20,22). The zero-order chi connectivity index (χ0) is 16.8. The normalized spacial score (nSPS) is 22.5. The number of amides is 1. The molecular weight excluding hydrogens is 304 g/mol. The van der Waals surface area contributed by atoms with Crippen LogP contribution < -0.4 is 10.1 Å². The van der Waals surface area contributed by atoms with E-state index in [1.807, 2.05) is 24.3 Å². The van der Waals surface area contributed by atoms with Crippen LogP contribution in [0.5, 0.6) is 5.75 Å². The molecule has 1 aromatic carbocycles. The first-order valence-corrected chi connectivity index (χ1v) is 9.06. The van der Waals surface area contributed by atoms with Crippen molar-refractivity contribution in [3.63, 3.8) is 0 Å². The van der Waals surface area contributed by atoms with Crippen molar-refractivity contribution in [1.82, 2.24) is 4.90 Å². The number of benzene rings is 1. The third-order valence-corrected chi connectivity index (χ3v) is 4.85. The van der Waals surface area contributed by atoms with Crippen LogP contribution in [0, 0.1) is 5.92 Å². The molecule has 0 spiro atoms. The van der Waals surface area contributed by atoms with Gasteiger partial charge in [-0.2, -0.15) is 0 Å². The molecule has 1 aromatic rings. The maximum absolute atomic E-state index is 12.3. The number of nitrogens with one attached hydrogen (secondary N) is 1. The molecule has 2 aliphatic rings. The Morgan fingerprint density at radius 2 is 2.08 bits per heavy atom. The van der Waals surface area contributed by atoms with Gasteiger partial charge in [-0.1, -0.05) is 19.1 Å². The molecule has 1 atom stereocenters. The van der Waals surface area contributed by atoms with Crippen LogP contribution in [0.4, 0.5) is 5.69 Å². The predicted molar refractivity (Wildman–Crippen MR) is 94.4 cm³/mol. The Labute approximate surface area is 144 Å². The van der Waals surface area contributed by atoms with Crippen molar-refractivity contribution in [2.75, 3.05) is 38.2 Å². The highest BCUT2D eigenvalue weighted by Crippen LogP contribution is 2.25. The highest BCUT2D eigenvalue weighted by atomic mass is 16.5. The number of hydrogen-bond acceptors (Lipinski definition) is 4. The van der Waals surface area contributed by atoms with Crippen LogP contribution in [0.3, 0.4) is 0 Å². The van der Waals surface area contributed by atoms with Gasteiger partial charge in [0.2, 0.25) is 5.91 Å². The van der Waals surface area contributed by atoms with Crippen molar-refractivity contribution >= 4 is 11.6 Å². The number of carbonyl (C=O) groups is 1. The summed E-state index contributed by atoms with van der Waals surface area (Å²) in [6.45, 7) is 6.10. The number of hydrogen-bond donors (Lipinski definition) is 1. The SMILES string of the molecule is CC1CCN(CC(=O)Nc2ccccc2OCC2CCCO2)CC1. The van der Waals surface area contributed by atoms with Crippen LogP contribution in [0.25, 0.3) is 0 Å². The van der Waals surface area contributed by atoms with Crippen molar-refractivity contribution in [2.24, 2.45) is 5.92 Å². The molecule has 1 unspecified atom stereocenters. The lowest BCUT2D eigenvalue weighted by Gasteiger charge is -2.29. The zero-order valence-electron chi connectivity index (χ0n) is 14.5. The summed E-state index contributed by atoms with van der Waals surface area (Å²) in [5, 5.41) is 3.00. The molecule has 3 rings (SSSR count). The lowest BCUT2D eigenvalue weighted by atomic mass is 9.99. The van der Waals surface area contributed by atoms with Gasteiger partial charge in [0.15, 0.2) is 0 Å². The topological polar surface area (TPSA) is 50.8 Å². The second kappa shape index (κ2) is 8.49. The maximum atomic E-state index is 12.3. The number of anilines is 1. The molecule has 0 bridgehead atoms. The fraction of sp³-hybridized carbons (Fsp3) is 0.632. The average Bonchev–Trinajstić information content (AvgIpc) is 3.10. The van der Waals surface area contributed by atoms with Crippen molar-refractivity contribution < 1.29 is 14.3 Å². The van der Waals surface area contributed by atoms with E-state index in [4.69, 9.17) is 9.47 Å². The molecule has 5 nitrogen and oxygen atoms in total. The predicted octanol–water partition coefficient (Wildman–Crippen LogP) is 2.91. The Bertz CT molecular complexity index is 535. The first-order valence-electron chi connectivity index (χ1n) is 9.06. The summed E-state index contributed by atoms with van der Waals surface area (Å²) in [7, 11) is 0. The first-order chi connectivity index (χ1) is 11.7. The third kappa shape index (κ3) is 4.95. The number of likely N-dealkylation sites (tertiary alicyclic amines) is 1. The minimum Gasteiger partial charge on any atom is -0.489 e. The lowest BCUT2D eigenvalue weighted by molar-refractivity contribution is -0.117. The van der Waals surface area contributed by atoms with Crippen LogP contribution >= 0.6 is 0 Å². The van der Waals surface area contributed by atoms with Gasteiger partial charge in [0, 0.05) is 6.61 Å². The van der Waals surface area contributed by atoms with Crippen LogP contribution in [-0.4, -0.2) is 49.8 Å². The first kappa shape index (κ1) is 17.2. The molecule has 24 heavy (non-hydrogen) atoms. The largest absolute Gasteiger partial charge is 0.489 e. The Hall–Kier alpha value is -1.59. The summed E-state index contributed by atoms with van der Waals surface area (Å²) in [4.78, 5) is 14.6. The van der Waals surface area contributed by atoms with E-state index in [1.54, 1.807) is 0 Å². The number of para-hydroxylation sites is 2. The number of rotatable bonds is 6. The Morgan fingerprint density at radius 3 is 2.83 bits per heavy atom. The molecule has 0 aliphatic carbocycles. The molecule has 0 radical (unpaired) electrons. The summed E-state index contributed by atoms with van der Waals surface area (Å²) in [5.41, 5.74) is 0.742. The highest BCUT2D eigenvalue weighted by molar-refractivity contribution is 5.93. The highest BCUT2D eigenvalue weighted by Gasteiger charge is 2.19. The minimum absolute atomic E-state index is 0.0257. The van der Waals surface area contributed by atoms with Gasteiger partial charge in [-0.3, -0.25) is 9.69 Å². The zero-order valence-corrected chi connectivity index (χ0v) is 14.5. The molecule has 1 amide bonds. The van der Waals surface area contributed by atoms with Crippen molar-refractivity contribution in [1.29, 1.82) is 0 Å². The van der Waals surface area contributed by atoms with Gasteiger partial charge in [0.05, 0.1) is 18.3 Å². The molecule has 2 heterocycles. The van der Waals surface area contributed by atoms with Gasteiger partial charge in [-0.05, 0) is 56.8 Å². The van der Waals surface area contributed by atoms with Gasteiger partial charge in [-0.15, -0.1) is 0 Å². The smallest absolute Gasteiger partial charge is 0.238 e. The van der Waals surface area contributed by atoms with E-state index in [1.165, 1.54) is 12.8 Å². The number of nitrogens with zero attached hydrogens (tertiary/aromatic N) is 1. The van der Waals surface area contributed by atoms with Crippen molar-refractivity contribution in [3.8, 4) is 5.75 Å². The molecule has 2 saturated heterocycles. The van der Waals surface area contributed by atoms with E-state index in [0.29, 0.717) is 18.9 Å². The summed E-state index contributed by atoms with van der Waals surface area (Å²) in [6.07, 6.45) is 4.66. The van der Waals surface area contributed by atoms with Crippen molar-refractivity contribution in [2.45, 2.75) is 38.7 Å². The van der Waals surface area contributed by atoms with E-state index in [9.17, 15) is 4.79 Å². The molecule has 0 aromatic heterocycles. The molecule has 132 valence electrons. The molecule has 2 aliphatic heterocycles. The lowest BCUT2D eigenvalue weighted by Crippen LogP contribution is -2.38. The van der Waals surface area contributed by atoms with Crippen LogP contribution in [0.2, 0.25) is 0 Å². The van der Waals surface area contributed by atoms with Gasteiger partial charge in [0.1, 0.15) is 12.4 Å². The van der Waals surface area contributed by atoms with E-state index >= 15 is 0 Å².